The van der Waals surface area contributed by atoms with Crippen molar-refractivity contribution in [1.82, 2.24) is 0 Å². The fourth-order valence-electron chi connectivity index (χ4n) is 0.569. The van der Waals surface area contributed by atoms with Crippen molar-refractivity contribution in [3.63, 3.8) is 0 Å². The van der Waals surface area contributed by atoms with Crippen LogP contribution in [0.1, 0.15) is 10.4 Å². The number of halogens is 2. The lowest BCUT2D eigenvalue weighted by atomic mass is 10.2. The summed E-state index contributed by atoms with van der Waals surface area (Å²) in [5.41, 5.74) is 0.541. The van der Waals surface area contributed by atoms with Gasteiger partial charge in [-0.15, -0.1) is 0 Å². The largest absolute Gasteiger partial charge is 0.353 e. The van der Waals surface area contributed by atoms with Crippen molar-refractivity contribution < 1.29 is 4.79 Å². The number of hydrogen-bond acceptors (Lipinski definition) is 1. The Kier molecular flexibility index (Phi) is 6.70. The monoisotopic (exact) mass is 204 g/mol. The molecule has 1 rings (SSSR count). The molecule has 1 aromatic carbocycles. The average Bonchev–Trinajstić information content (AvgIpc) is 2.10. The van der Waals surface area contributed by atoms with E-state index in [4.69, 9.17) is 21.7 Å². The standard InChI is InChI=1S/C7H5ClO.Al.ClH.2H/c8-7(9)6-4-2-1-3-5-6;;;;/h1-5H;;1H;;/q;+1;;;/p-1. The van der Waals surface area contributed by atoms with Crippen LogP contribution < -0.4 is 0 Å². The highest BCUT2D eigenvalue weighted by Gasteiger charge is 1.95. The van der Waals surface area contributed by atoms with Crippen molar-refractivity contribution in [3.8, 4) is 0 Å². The van der Waals surface area contributed by atoms with Gasteiger partial charge in [0, 0.05) is 5.56 Å². The van der Waals surface area contributed by atoms with Crippen LogP contribution in [-0.4, -0.2) is 20.6 Å². The fourth-order valence-corrected chi connectivity index (χ4v) is 0.695. The third-order valence-electron chi connectivity index (χ3n) is 1.00. The quantitative estimate of drug-likeness (QED) is 0.505. The molecular formula is C7H7AlCl2O. The summed E-state index contributed by atoms with van der Waals surface area (Å²) in [4.78, 5) is 10.4. The molecule has 11 heavy (non-hydrogen) atoms. The van der Waals surface area contributed by atoms with E-state index in [0.29, 0.717) is 5.56 Å². The normalized spacial score (nSPS) is 7.82. The molecule has 0 N–H and O–H groups in total. The molecule has 0 aliphatic heterocycles. The van der Waals surface area contributed by atoms with Gasteiger partial charge in [0.15, 0.2) is 0 Å². The van der Waals surface area contributed by atoms with Crippen molar-refractivity contribution in [2.75, 3.05) is 0 Å². The van der Waals surface area contributed by atoms with E-state index in [0.717, 1.165) is 15.4 Å². The molecule has 0 aliphatic rings. The Morgan fingerprint density at radius 2 is 1.64 bits per heavy atom. The summed E-state index contributed by atoms with van der Waals surface area (Å²) in [5, 5.41) is -0.407. The molecule has 4 heteroatoms. The predicted molar refractivity (Wildman–Crippen MR) is 51.0 cm³/mol. The average molecular weight is 205 g/mol. The zero-order chi connectivity index (χ0) is 8.69. The minimum absolute atomic E-state index is 0.407. The van der Waals surface area contributed by atoms with E-state index in [2.05, 4.69) is 0 Å². The SMILES string of the molecule is O=C(Cl)c1ccccc1.[AlH2][Cl]. The van der Waals surface area contributed by atoms with Gasteiger partial charge in [0.1, 0.15) is 0 Å². The van der Waals surface area contributed by atoms with Crippen LogP contribution >= 0.6 is 21.7 Å². The Balaban J connectivity index is 0.000000461. The first-order valence-electron chi connectivity index (χ1n) is 2.93. The number of benzene rings is 1. The smallest absolute Gasteiger partial charge is 0.276 e. The van der Waals surface area contributed by atoms with Crippen LogP contribution in [0, 0.1) is 0 Å². The van der Waals surface area contributed by atoms with E-state index in [1.54, 1.807) is 24.3 Å². The Hall–Kier alpha value is 0.00247. The molecule has 0 unspecified atom stereocenters. The van der Waals surface area contributed by atoms with Crippen molar-refractivity contribution in [2.45, 2.75) is 0 Å². The van der Waals surface area contributed by atoms with Gasteiger partial charge < -0.3 is 0 Å². The van der Waals surface area contributed by atoms with E-state index in [-0.39, 0.29) is 0 Å². The van der Waals surface area contributed by atoms with Crippen molar-refractivity contribution in [2.24, 2.45) is 0 Å². The Morgan fingerprint density at radius 1 is 1.18 bits per heavy atom. The van der Waals surface area contributed by atoms with Gasteiger partial charge in [0.2, 0.25) is 0 Å². The molecular weight excluding hydrogens is 198 g/mol. The summed E-state index contributed by atoms with van der Waals surface area (Å²) in [6, 6.07) is 8.74. The van der Waals surface area contributed by atoms with Crippen LogP contribution in [0.25, 0.3) is 0 Å². The van der Waals surface area contributed by atoms with Gasteiger partial charge in [-0.1, -0.05) is 30.3 Å². The molecule has 1 aromatic rings. The summed E-state index contributed by atoms with van der Waals surface area (Å²) in [6.07, 6.45) is 0. The lowest BCUT2D eigenvalue weighted by Gasteiger charge is -1.87. The van der Waals surface area contributed by atoms with Crippen LogP contribution in [0.2, 0.25) is 0 Å². The third kappa shape index (κ3) is 4.45. The topological polar surface area (TPSA) is 17.1 Å². The van der Waals surface area contributed by atoms with Crippen molar-refractivity contribution in [3.05, 3.63) is 35.9 Å². The van der Waals surface area contributed by atoms with Crippen LogP contribution in [0.5, 0.6) is 0 Å². The zero-order valence-corrected chi connectivity index (χ0v) is 9.56. The van der Waals surface area contributed by atoms with Crippen LogP contribution in [0.4, 0.5) is 0 Å². The van der Waals surface area contributed by atoms with Crippen LogP contribution in [-0.2, 0) is 0 Å². The second kappa shape index (κ2) is 6.70. The van der Waals surface area contributed by atoms with E-state index < -0.39 is 5.24 Å². The molecule has 0 spiro atoms. The predicted octanol–water partition coefficient (Wildman–Crippen LogP) is 1.84. The summed E-state index contributed by atoms with van der Waals surface area (Å²) in [6.45, 7) is 0. The highest BCUT2D eigenvalue weighted by molar-refractivity contribution is 6.80. The van der Waals surface area contributed by atoms with E-state index in [1.165, 1.54) is 0 Å². The van der Waals surface area contributed by atoms with Gasteiger partial charge in [-0.05, 0) is 11.6 Å². The van der Waals surface area contributed by atoms with Gasteiger partial charge in [0.25, 0.3) is 5.24 Å². The van der Waals surface area contributed by atoms with Crippen molar-refractivity contribution >= 4 is 42.3 Å². The molecule has 58 valence electrons. The molecule has 0 heterocycles. The fraction of sp³-hybridized carbons (Fsp3) is 0. The maximum Gasteiger partial charge on any atom is 0.353 e. The highest BCUT2D eigenvalue weighted by Crippen LogP contribution is 2.01. The van der Waals surface area contributed by atoms with Gasteiger partial charge >= 0.3 is 15.4 Å². The molecule has 0 aliphatic carbocycles. The van der Waals surface area contributed by atoms with E-state index >= 15 is 0 Å². The molecule has 0 bridgehead atoms. The first-order chi connectivity index (χ1) is 5.30. The minimum Gasteiger partial charge on any atom is -0.276 e. The first-order valence-corrected chi connectivity index (χ1v) is 6.33. The summed E-state index contributed by atoms with van der Waals surface area (Å²) in [7, 11) is 4.78. The van der Waals surface area contributed by atoms with Gasteiger partial charge in [-0.2, -0.15) is 0 Å². The molecule has 0 saturated carbocycles. The maximum atomic E-state index is 10.4. The minimum atomic E-state index is -0.407. The summed E-state index contributed by atoms with van der Waals surface area (Å²) in [5.74, 6) is 0. The van der Waals surface area contributed by atoms with Gasteiger partial charge in [0.05, 0.1) is 0 Å². The van der Waals surface area contributed by atoms with Gasteiger partial charge in [-0.3, -0.25) is 14.8 Å². The molecule has 1 nitrogen and oxygen atoms in total. The molecule has 0 atom stereocenters. The Morgan fingerprint density at radius 3 is 1.91 bits per heavy atom. The molecule has 0 saturated heterocycles. The second-order valence-electron chi connectivity index (χ2n) is 1.64. The highest BCUT2D eigenvalue weighted by atomic mass is 35.6. The maximum absolute atomic E-state index is 10.4. The second-order valence-corrected chi connectivity index (χ2v) is 1.98. The lowest BCUT2D eigenvalue weighted by molar-refractivity contribution is 0.108. The molecule has 0 fully saturated rings. The van der Waals surface area contributed by atoms with Crippen molar-refractivity contribution in [1.29, 1.82) is 0 Å². The zero-order valence-electron chi connectivity index (χ0n) is 6.05. The Labute approximate surface area is 82.9 Å². The lowest BCUT2D eigenvalue weighted by Crippen LogP contribution is -1.84. The summed E-state index contributed by atoms with van der Waals surface area (Å²) < 4.78 is 0. The number of rotatable bonds is 1. The Bertz CT molecular complexity index is 213. The number of carbonyl (C=O) groups is 1. The molecule has 0 aromatic heterocycles. The first kappa shape index (κ1) is 11.0. The van der Waals surface area contributed by atoms with Crippen LogP contribution in [0.3, 0.4) is 0 Å². The van der Waals surface area contributed by atoms with Crippen LogP contribution in [0.15, 0.2) is 30.3 Å². The van der Waals surface area contributed by atoms with E-state index in [9.17, 15) is 4.79 Å². The van der Waals surface area contributed by atoms with E-state index in [1.807, 2.05) is 6.07 Å². The van der Waals surface area contributed by atoms with Gasteiger partial charge in [-0.25, -0.2) is 0 Å². The molecule has 0 amide bonds. The molecule has 0 radical (unpaired) electrons. The third-order valence-corrected chi connectivity index (χ3v) is 1.22. The number of carbonyl (C=O) groups excluding carboxylic acids is 1. The number of hydrogen-bond donors (Lipinski definition) is 0. The summed E-state index contributed by atoms with van der Waals surface area (Å²) >= 11 is 5.94.